The maximum absolute atomic E-state index is 12.3. The third kappa shape index (κ3) is 3.90. The second-order valence-electron chi connectivity index (χ2n) is 4.89. The van der Waals surface area contributed by atoms with E-state index in [0.29, 0.717) is 26.3 Å². The Labute approximate surface area is 118 Å². The Morgan fingerprint density at radius 3 is 2.50 bits per heavy atom. The third-order valence-corrected chi connectivity index (χ3v) is 6.28. The average molecular weight is 341 g/mol. The Morgan fingerprint density at radius 2 is 1.78 bits per heavy atom. The summed E-state index contributed by atoms with van der Waals surface area (Å²) in [4.78, 5) is 0.246. The van der Waals surface area contributed by atoms with Crippen LogP contribution in [0.15, 0.2) is 0 Å². The van der Waals surface area contributed by atoms with Crippen LogP contribution in [0, 0.1) is 0 Å². The van der Waals surface area contributed by atoms with Gasteiger partial charge >= 0.3 is 0 Å². The third-order valence-electron chi connectivity index (χ3n) is 3.54. The number of hydrogen-bond donors (Lipinski definition) is 1. The lowest BCUT2D eigenvalue weighted by molar-refractivity contribution is 0.0723. The van der Waals surface area contributed by atoms with Gasteiger partial charge in [0.15, 0.2) is 0 Å². The van der Waals surface area contributed by atoms with E-state index >= 15 is 0 Å². The highest BCUT2D eigenvalue weighted by Crippen LogP contribution is 2.24. The normalized spacial score (nSPS) is 32.1. The summed E-state index contributed by atoms with van der Waals surface area (Å²) in [5, 5.41) is 0. The molecule has 106 valence electrons. The van der Waals surface area contributed by atoms with Crippen LogP contribution in [0.5, 0.6) is 0 Å². The Bertz CT molecular complexity index is 357. The number of nitrogens with zero attached hydrogens (tertiary/aromatic N) is 1. The first-order chi connectivity index (χ1) is 8.59. The van der Waals surface area contributed by atoms with E-state index in [2.05, 4.69) is 20.7 Å². The molecule has 0 aromatic heterocycles. The molecule has 0 amide bonds. The first-order valence-corrected chi connectivity index (χ1v) is 8.94. The van der Waals surface area contributed by atoms with Crippen molar-refractivity contribution >= 4 is 26.1 Å². The van der Waals surface area contributed by atoms with Gasteiger partial charge in [-0.2, -0.15) is 17.4 Å². The lowest BCUT2D eigenvalue weighted by Gasteiger charge is -2.29. The molecule has 2 rings (SSSR count). The van der Waals surface area contributed by atoms with Crippen molar-refractivity contribution < 1.29 is 13.2 Å². The molecule has 1 heterocycles. The molecule has 1 aliphatic heterocycles. The molecular weight excluding hydrogens is 320 g/mol. The Kier molecular flexibility index (Phi) is 5.44. The number of ether oxygens (including phenoxy) is 1. The number of alkyl halides is 1. The minimum atomic E-state index is -3.36. The van der Waals surface area contributed by atoms with E-state index in [-0.39, 0.29) is 10.9 Å². The number of halogens is 1. The van der Waals surface area contributed by atoms with Gasteiger partial charge in [-0.1, -0.05) is 35.2 Å². The Balaban J connectivity index is 1.97. The fourth-order valence-corrected chi connectivity index (χ4v) is 4.79. The first-order valence-electron chi connectivity index (χ1n) is 6.59. The molecule has 0 radical (unpaired) electrons. The summed E-state index contributed by atoms with van der Waals surface area (Å²) in [6.07, 6.45) is 5.41. The van der Waals surface area contributed by atoms with Crippen molar-refractivity contribution in [2.75, 3.05) is 26.3 Å². The van der Waals surface area contributed by atoms with E-state index in [1.807, 2.05) is 0 Å². The van der Waals surface area contributed by atoms with E-state index in [4.69, 9.17) is 4.74 Å². The summed E-state index contributed by atoms with van der Waals surface area (Å²) in [5.74, 6) is 0. The summed E-state index contributed by atoms with van der Waals surface area (Å²) in [7, 11) is -3.36. The van der Waals surface area contributed by atoms with Gasteiger partial charge in [0.05, 0.1) is 13.2 Å². The minimum Gasteiger partial charge on any atom is -0.379 e. The van der Waals surface area contributed by atoms with Crippen molar-refractivity contribution in [2.24, 2.45) is 0 Å². The van der Waals surface area contributed by atoms with Crippen LogP contribution in [0.4, 0.5) is 0 Å². The average Bonchev–Trinajstić information content (AvgIpc) is 2.56. The number of hydrogen-bond acceptors (Lipinski definition) is 3. The van der Waals surface area contributed by atoms with Gasteiger partial charge in [-0.15, -0.1) is 0 Å². The van der Waals surface area contributed by atoms with Gasteiger partial charge in [-0.3, -0.25) is 0 Å². The fourth-order valence-electron chi connectivity index (χ4n) is 2.45. The summed E-state index contributed by atoms with van der Waals surface area (Å²) in [6.45, 7) is 1.89. The van der Waals surface area contributed by atoms with Crippen LogP contribution in [0.1, 0.15) is 32.1 Å². The molecule has 0 bridgehead atoms. The zero-order valence-electron chi connectivity index (χ0n) is 10.5. The molecule has 1 N–H and O–H groups in total. The largest absolute Gasteiger partial charge is 0.379 e. The molecule has 2 unspecified atom stereocenters. The summed E-state index contributed by atoms with van der Waals surface area (Å²) < 4.78 is 34.0. The van der Waals surface area contributed by atoms with Crippen LogP contribution >= 0.6 is 15.9 Å². The number of rotatable bonds is 3. The quantitative estimate of drug-likeness (QED) is 0.621. The van der Waals surface area contributed by atoms with Crippen LogP contribution in [0.2, 0.25) is 0 Å². The van der Waals surface area contributed by atoms with Crippen LogP contribution in [0.25, 0.3) is 0 Å². The lowest BCUT2D eigenvalue weighted by Crippen LogP contribution is -2.51. The standard InChI is InChI=1S/C11H21BrN2O3S/c12-10-4-2-1-3-5-11(10)13-18(15,16)14-6-8-17-9-7-14/h10-11,13H,1-9H2. The highest BCUT2D eigenvalue weighted by Gasteiger charge is 2.30. The molecule has 1 saturated heterocycles. The van der Waals surface area contributed by atoms with Gasteiger partial charge in [0.1, 0.15) is 0 Å². The fraction of sp³-hybridized carbons (Fsp3) is 1.00. The van der Waals surface area contributed by atoms with E-state index in [0.717, 1.165) is 19.3 Å². The number of morpholine rings is 1. The van der Waals surface area contributed by atoms with Crippen LogP contribution in [-0.2, 0) is 14.9 Å². The molecule has 7 heteroatoms. The van der Waals surface area contributed by atoms with Gasteiger partial charge in [-0.05, 0) is 12.8 Å². The summed E-state index contributed by atoms with van der Waals surface area (Å²) in [5.41, 5.74) is 0. The molecular formula is C11H21BrN2O3S. The van der Waals surface area contributed by atoms with Gasteiger partial charge in [0.2, 0.25) is 0 Å². The second kappa shape index (κ2) is 6.65. The van der Waals surface area contributed by atoms with E-state index in [1.165, 1.54) is 17.1 Å². The van der Waals surface area contributed by atoms with Crippen molar-refractivity contribution in [1.82, 2.24) is 9.03 Å². The predicted octanol–water partition coefficient (Wildman–Crippen LogP) is 1.25. The second-order valence-corrected chi connectivity index (χ2v) is 7.77. The van der Waals surface area contributed by atoms with E-state index in [9.17, 15) is 8.42 Å². The summed E-state index contributed by atoms with van der Waals surface area (Å²) in [6, 6.07) is 0.0142. The molecule has 5 nitrogen and oxygen atoms in total. The van der Waals surface area contributed by atoms with Crippen molar-refractivity contribution in [1.29, 1.82) is 0 Å². The molecule has 0 spiro atoms. The van der Waals surface area contributed by atoms with E-state index < -0.39 is 10.2 Å². The van der Waals surface area contributed by atoms with Crippen molar-refractivity contribution in [3.8, 4) is 0 Å². The van der Waals surface area contributed by atoms with Gasteiger partial charge in [0, 0.05) is 24.0 Å². The predicted molar refractivity (Wildman–Crippen MR) is 74.0 cm³/mol. The Hall–Kier alpha value is 0.310. The van der Waals surface area contributed by atoms with Gasteiger partial charge in [-0.25, -0.2) is 0 Å². The zero-order valence-corrected chi connectivity index (χ0v) is 12.9. The molecule has 2 fully saturated rings. The Morgan fingerprint density at radius 1 is 1.11 bits per heavy atom. The van der Waals surface area contributed by atoms with Crippen LogP contribution in [0.3, 0.4) is 0 Å². The monoisotopic (exact) mass is 340 g/mol. The molecule has 1 saturated carbocycles. The van der Waals surface area contributed by atoms with E-state index in [1.54, 1.807) is 0 Å². The van der Waals surface area contributed by atoms with Crippen molar-refractivity contribution in [3.63, 3.8) is 0 Å². The van der Waals surface area contributed by atoms with Crippen molar-refractivity contribution in [2.45, 2.75) is 43.0 Å². The van der Waals surface area contributed by atoms with Crippen molar-refractivity contribution in [3.05, 3.63) is 0 Å². The smallest absolute Gasteiger partial charge is 0.279 e. The maximum Gasteiger partial charge on any atom is 0.279 e. The van der Waals surface area contributed by atoms with Crippen LogP contribution in [-0.4, -0.2) is 49.9 Å². The molecule has 0 aromatic carbocycles. The van der Waals surface area contributed by atoms with Gasteiger partial charge < -0.3 is 4.74 Å². The lowest BCUT2D eigenvalue weighted by atomic mass is 10.1. The molecule has 18 heavy (non-hydrogen) atoms. The highest BCUT2D eigenvalue weighted by atomic mass is 79.9. The highest BCUT2D eigenvalue weighted by molar-refractivity contribution is 9.09. The minimum absolute atomic E-state index is 0.0142. The summed E-state index contributed by atoms with van der Waals surface area (Å²) >= 11 is 3.61. The topological polar surface area (TPSA) is 58.6 Å². The first kappa shape index (κ1) is 14.7. The maximum atomic E-state index is 12.3. The zero-order chi connectivity index (χ0) is 13.0. The molecule has 0 aromatic rings. The number of nitrogens with one attached hydrogen (secondary N) is 1. The molecule has 2 aliphatic rings. The molecule has 2 atom stereocenters. The van der Waals surface area contributed by atoms with Gasteiger partial charge in [0.25, 0.3) is 10.2 Å². The van der Waals surface area contributed by atoms with Crippen LogP contribution < -0.4 is 4.72 Å². The molecule has 1 aliphatic carbocycles. The SMILES string of the molecule is O=S(=O)(NC1CCCCCC1Br)N1CCOCC1.